The van der Waals surface area contributed by atoms with Crippen molar-refractivity contribution in [2.75, 3.05) is 26.4 Å². The number of hydrogen-bond acceptors (Lipinski definition) is 5. The Bertz CT molecular complexity index is 965. The Hall–Kier alpha value is -2.70. The van der Waals surface area contributed by atoms with Gasteiger partial charge in [-0.25, -0.2) is 0 Å². The zero-order chi connectivity index (χ0) is 19.1. The fourth-order valence-electron chi connectivity index (χ4n) is 4.35. The van der Waals surface area contributed by atoms with Crippen LogP contribution >= 0.6 is 12.4 Å². The van der Waals surface area contributed by atoms with E-state index < -0.39 is 11.6 Å². The van der Waals surface area contributed by atoms with E-state index in [4.69, 9.17) is 19.3 Å². The van der Waals surface area contributed by atoms with E-state index in [0.29, 0.717) is 25.9 Å². The number of piperidine rings is 1. The van der Waals surface area contributed by atoms with Crippen LogP contribution in [0.2, 0.25) is 0 Å². The van der Waals surface area contributed by atoms with Crippen molar-refractivity contribution in [2.45, 2.75) is 18.4 Å². The van der Waals surface area contributed by atoms with Gasteiger partial charge in [-0.15, -0.1) is 12.4 Å². The second-order valence-corrected chi connectivity index (χ2v) is 7.40. The summed E-state index contributed by atoms with van der Waals surface area (Å²) in [6.07, 6.45) is 3.61. The maximum atomic E-state index is 11.1. The van der Waals surface area contributed by atoms with Crippen LogP contribution in [-0.4, -0.2) is 48.0 Å². The Labute approximate surface area is 175 Å². The average Bonchev–Trinajstić information content (AvgIpc) is 3.18. The second-order valence-electron chi connectivity index (χ2n) is 7.40. The lowest BCUT2D eigenvalue weighted by molar-refractivity contribution is -0.139. The number of carboxylic acids is 1. The summed E-state index contributed by atoms with van der Waals surface area (Å²) >= 11 is 0. The van der Waals surface area contributed by atoms with Crippen molar-refractivity contribution in [2.24, 2.45) is 0 Å². The third kappa shape index (κ3) is 3.43. The van der Waals surface area contributed by atoms with Crippen molar-refractivity contribution in [1.29, 1.82) is 0 Å². The molecule has 2 aromatic carbocycles. The third-order valence-corrected chi connectivity index (χ3v) is 5.72. The van der Waals surface area contributed by atoms with Gasteiger partial charge in [0, 0.05) is 42.6 Å². The van der Waals surface area contributed by atoms with Crippen molar-refractivity contribution in [3.63, 3.8) is 0 Å². The molecule has 152 valence electrons. The lowest BCUT2D eigenvalue weighted by Gasteiger charge is -2.45. The molecule has 0 radical (unpaired) electrons. The number of rotatable bonds is 3. The summed E-state index contributed by atoms with van der Waals surface area (Å²) in [5, 5.41) is 9.12. The summed E-state index contributed by atoms with van der Waals surface area (Å²) in [6.45, 7) is 1.61. The second kappa shape index (κ2) is 7.61. The molecule has 0 atom stereocenters. The van der Waals surface area contributed by atoms with Gasteiger partial charge in [0.1, 0.15) is 11.4 Å². The minimum atomic E-state index is -0.798. The molecule has 1 saturated heterocycles. The highest BCUT2D eigenvalue weighted by Crippen LogP contribution is 2.50. The topological polar surface area (TPSA) is 68.2 Å². The largest absolute Gasteiger partial charge is 0.482 e. The van der Waals surface area contributed by atoms with Gasteiger partial charge in [0.25, 0.3) is 0 Å². The third-order valence-electron chi connectivity index (χ3n) is 5.72. The highest BCUT2D eigenvalue weighted by Gasteiger charge is 2.44. The predicted molar refractivity (Wildman–Crippen MR) is 111 cm³/mol. The van der Waals surface area contributed by atoms with Crippen molar-refractivity contribution in [3.05, 3.63) is 53.6 Å². The monoisotopic (exact) mass is 415 g/mol. The molecule has 5 rings (SSSR count). The molecule has 0 aliphatic carbocycles. The van der Waals surface area contributed by atoms with E-state index in [0.717, 1.165) is 33.9 Å². The van der Waals surface area contributed by atoms with Crippen molar-refractivity contribution >= 4 is 30.0 Å². The van der Waals surface area contributed by atoms with Crippen LogP contribution in [0.5, 0.6) is 17.2 Å². The van der Waals surface area contributed by atoms with Gasteiger partial charge in [0.2, 0.25) is 6.79 Å². The molecule has 3 aliphatic rings. The number of para-hydroxylation sites is 2. The molecule has 3 heterocycles. The first-order chi connectivity index (χ1) is 13.6. The minimum absolute atomic E-state index is 0. The number of nitrogens with zero attached hydrogens (tertiary/aromatic N) is 1. The summed E-state index contributed by atoms with van der Waals surface area (Å²) in [5.41, 5.74) is 2.58. The van der Waals surface area contributed by atoms with Gasteiger partial charge in [0.15, 0.2) is 11.5 Å². The number of likely N-dealkylation sites (tertiary alicyclic amines) is 1. The quantitative estimate of drug-likeness (QED) is 0.824. The zero-order valence-electron chi connectivity index (χ0n) is 15.8. The number of aliphatic carboxylic acids is 1. The van der Waals surface area contributed by atoms with Gasteiger partial charge in [-0.3, -0.25) is 9.69 Å². The molecular formula is C22H22ClNO5. The molecule has 6 nitrogen and oxygen atoms in total. The summed E-state index contributed by atoms with van der Waals surface area (Å²) in [6, 6.07) is 13.9. The number of halogens is 1. The van der Waals surface area contributed by atoms with Crippen LogP contribution in [0.25, 0.3) is 11.6 Å². The highest BCUT2D eigenvalue weighted by atomic mass is 35.5. The molecule has 29 heavy (non-hydrogen) atoms. The minimum Gasteiger partial charge on any atom is -0.482 e. The Kier molecular flexibility index (Phi) is 5.15. The summed E-state index contributed by atoms with van der Waals surface area (Å²) in [7, 11) is 0. The van der Waals surface area contributed by atoms with E-state index in [9.17, 15) is 4.79 Å². The molecular weight excluding hydrogens is 394 g/mol. The number of carbonyl (C=O) groups is 1. The standard InChI is InChI=1S/C22H21NO5.ClH/c24-20(25)13-23-10-8-22(9-11-23)17(12-15-4-1-2-6-18(15)28-22)16-5-3-7-19-21(16)27-14-26-19;/h1-7,12H,8-11,13-14H2,(H,24,25);1H. The van der Waals surface area contributed by atoms with E-state index in [2.05, 4.69) is 6.08 Å². The van der Waals surface area contributed by atoms with Crippen LogP contribution in [0, 0.1) is 0 Å². The SMILES string of the molecule is Cl.O=C(O)CN1CCC2(CC1)Oc1ccccc1C=C2c1cccc2c1OCO2. The molecule has 0 saturated carbocycles. The fourth-order valence-corrected chi connectivity index (χ4v) is 4.35. The van der Waals surface area contributed by atoms with E-state index >= 15 is 0 Å². The van der Waals surface area contributed by atoms with Gasteiger partial charge in [-0.05, 0) is 18.2 Å². The lowest BCUT2D eigenvalue weighted by Crippen LogP contribution is -2.50. The Balaban J connectivity index is 0.00000205. The summed E-state index contributed by atoms with van der Waals surface area (Å²) in [4.78, 5) is 13.1. The molecule has 0 unspecified atom stereocenters. The molecule has 2 aromatic rings. The highest BCUT2D eigenvalue weighted by molar-refractivity contribution is 5.92. The first-order valence-corrected chi connectivity index (χ1v) is 9.48. The average molecular weight is 416 g/mol. The first-order valence-electron chi connectivity index (χ1n) is 9.48. The van der Waals surface area contributed by atoms with Crippen LogP contribution in [0.15, 0.2) is 42.5 Å². The lowest BCUT2D eigenvalue weighted by atomic mass is 9.77. The van der Waals surface area contributed by atoms with E-state index in [1.807, 2.05) is 47.4 Å². The van der Waals surface area contributed by atoms with Crippen LogP contribution in [0.4, 0.5) is 0 Å². The number of carboxylic acid groups (broad SMARTS) is 1. The Morgan fingerprint density at radius 1 is 1.03 bits per heavy atom. The van der Waals surface area contributed by atoms with Crippen molar-refractivity contribution in [3.8, 4) is 17.2 Å². The van der Waals surface area contributed by atoms with Gasteiger partial charge in [0.05, 0.1) is 6.54 Å². The maximum absolute atomic E-state index is 11.1. The van der Waals surface area contributed by atoms with Gasteiger partial charge in [-0.1, -0.05) is 30.3 Å². The van der Waals surface area contributed by atoms with Crippen LogP contribution < -0.4 is 14.2 Å². The fraction of sp³-hybridized carbons (Fsp3) is 0.318. The Morgan fingerprint density at radius 3 is 2.59 bits per heavy atom. The number of ether oxygens (including phenoxy) is 3. The van der Waals surface area contributed by atoms with E-state index in [1.165, 1.54) is 0 Å². The molecule has 1 N–H and O–H groups in total. The van der Waals surface area contributed by atoms with Gasteiger partial charge in [-0.2, -0.15) is 0 Å². The maximum Gasteiger partial charge on any atom is 0.317 e. The number of hydrogen-bond donors (Lipinski definition) is 1. The summed E-state index contributed by atoms with van der Waals surface area (Å²) in [5.74, 6) is 1.57. The van der Waals surface area contributed by atoms with Crippen LogP contribution in [0.1, 0.15) is 24.0 Å². The predicted octanol–water partition coefficient (Wildman–Crippen LogP) is 3.69. The van der Waals surface area contributed by atoms with Crippen molar-refractivity contribution in [1.82, 2.24) is 4.90 Å². The van der Waals surface area contributed by atoms with Crippen LogP contribution in [0.3, 0.4) is 0 Å². The van der Waals surface area contributed by atoms with E-state index in [1.54, 1.807) is 0 Å². The molecule has 0 aromatic heterocycles. The molecule has 1 fully saturated rings. The van der Waals surface area contributed by atoms with Gasteiger partial charge < -0.3 is 19.3 Å². The smallest absolute Gasteiger partial charge is 0.317 e. The zero-order valence-corrected chi connectivity index (χ0v) is 16.6. The van der Waals surface area contributed by atoms with Crippen LogP contribution in [-0.2, 0) is 4.79 Å². The molecule has 0 amide bonds. The molecule has 0 bridgehead atoms. The van der Waals surface area contributed by atoms with Gasteiger partial charge >= 0.3 is 5.97 Å². The molecule has 1 spiro atoms. The normalized spacial score (nSPS) is 19.0. The Morgan fingerprint density at radius 2 is 1.79 bits per heavy atom. The van der Waals surface area contributed by atoms with Crippen molar-refractivity contribution < 1.29 is 24.1 Å². The van der Waals surface area contributed by atoms with E-state index in [-0.39, 0.29) is 25.7 Å². The number of benzene rings is 2. The summed E-state index contributed by atoms with van der Waals surface area (Å²) < 4.78 is 17.9. The first kappa shape index (κ1) is 19.6. The number of fused-ring (bicyclic) bond motifs is 2. The molecule has 7 heteroatoms. The molecule has 3 aliphatic heterocycles.